The van der Waals surface area contributed by atoms with Crippen molar-refractivity contribution in [2.24, 2.45) is 5.16 Å². The van der Waals surface area contributed by atoms with Crippen LogP contribution in [-0.2, 0) is 14.4 Å². The molecule has 0 fully saturated rings. The van der Waals surface area contributed by atoms with Crippen molar-refractivity contribution >= 4 is 23.3 Å². The molecule has 0 aromatic rings. The monoisotopic (exact) mass is 325 g/mol. The van der Waals surface area contributed by atoms with Gasteiger partial charge in [-0.25, -0.2) is 4.79 Å². The van der Waals surface area contributed by atoms with Crippen LogP contribution in [0.5, 0.6) is 0 Å². The molecule has 0 aromatic carbocycles. The molecule has 1 N–H and O–H groups in total. The molecule has 5 nitrogen and oxygen atoms in total. The molecule has 120 valence electrons. The van der Waals surface area contributed by atoms with Gasteiger partial charge >= 0.3 is 5.97 Å². The lowest BCUT2D eigenvalue weighted by Gasteiger charge is -2.36. The Balaban J connectivity index is 2.21. The Morgan fingerprint density at radius 1 is 1.64 bits per heavy atom. The number of carbonyl (C=O) groups is 1. The van der Waals surface area contributed by atoms with E-state index in [9.17, 15) is 9.90 Å². The third-order valence-electron chi connectivity index (χ3n) is 3.71. The molecule has 0 saturated carbocycles. The highest BCUT2D eigenvalue weighted by Gasteiger charge is 2.41. The predicted molar refractivity (Wildman–Crippen MR) is 84.8 cm³/mol. The Morgan fingerprint density at radius 3 is 3.05 bits per heavy atom. The second-order valence-corrected chi connectivity index (χ2v) is 5.55. The molecule has 0 amide bonds. The van der Waals surface area contributed by atoms with Crippen LogP contribution in [0.25, 0.3) is 0 Å². The number of halogens is 1. The number of nitrogens with zero attached hydrogens (tertiary/aromatic N) is 1. The SMILES string of the molecule is CCC(=NOCC=CCl)C1=C(O)CC2(C=CCCC2)OC1=O. The van der Waals surface area contributed by atoms with E-state index in [4.69, 9.17) is 21.2 Å². The smallest absolute Gasteiger partial charge is 0.344 e. The van der Waals surface area contributed by atoms with Gasteiger partial charge in [0.2, 0.25) is 0 Å². The third kappa shape index (κ3) is 3.71. The molecule has 22 heavy (non-hydrogen) atoms. The lowest BCUT2D eigenvalue weighted by atomic mass is 9.84. The Hall–Kier alpha value is -1.75. The molecule has 0 saturated heterocycles. The number of hydrogen-bond donors (Lipinski definition) is 1. The molecule has 6 heteroatoms. The summed E-state index contributed by atoms with van der Waals surface area (Å²) in [5.41, 5.74) is 1.11. The van der Waals surface area contributed by atoms with Crippen LogP contribution in [0.4, 0.5) is 0 Å². The van der Waals surface area contributed by atoms with Crippen molar-refractivity contribution in [1.29, 1.82) is 0 Å². The Labute approximate surface area is 134 Å². The number of carbonyl (C=O) groups excluding carboxylic acids is 1. The molecule has 1 aliphatic heterocycles. The van der Waals surface area contributed by atoms with E-state index in [0.29, 0.717) is 12.1 Å². The molecule has 0 bridgehead atoms. The Bertz CT molecular complexity index is 550. The largest absolute Gasteiger partial charge is 0.511 e. The maximum Gasteiger partial charge on any atom is 0.344 e. The number of rotatable bonds is 5. The minimum Gasteiger partial charge on any atom is -0.511 e. The molecular weight excluding hydrogens is 306 g/mol. The summed E-state index contributed by atoms with van der Waals surface area (Å²) in [6, 6.07) is 0. The van der Waals surface area contributed by atoms with Gasteiger partial charge in [0, 0.05) is 12.0 Å². The fourth-order valence-corrected chi connectivity index (χ4v) is 2.73. The second-order valence-electron chi connectivity index (χ2n) is 5.30. The molecule has 0 radical (unpaired) electrons. The van der Waals surface area contributed by atoms with Crippen molar-refractivity contribution in [2.75, 3.05) is 6.61 Å². The summed E-state index contributed by atoms with van der Waals surface area (Å²) in [4.78, 5) is 17.4. The number of ether oxygens (including phenoxy) is 1. The zero-order valence-electron chi connectivity index (χ0n) is 12.5. The minimum absolute atomic E-state index is 0.0138. The molecule has 1 spiro atoms. The van der Waals surface area contributed by atoms with E-state index in [1.165, 1.54) is 5.54 Å². The maximum atomic E-state index is 12.3. The Kier molecular flexibility index (Phi) is 5.66. The first kappa shape index (κ1) is 16.6. The van der Waals surface area contributed by atoms with Gasteiger partial charge in [0.25, 0.3) is 0 Å². The topological polar surface area (TPSA) is 68.1 Å². The molecule has 1 heterocycles. The summed E-state index contributed by atoms with van der Waals surface area (Å²) in [5.74, 6) is -0.535. The first-order valence-corrected chi connectivity index (χ1v) is 7.83. The van der Waals surface area contributed by atoms with Gasteiger partial charge in [-0.05, 0) is 37.8 Å². The average molecular weight is 326 g/mol. The number of allylic oxidation sites excluding steroid dienone is 1. The van der Waals surface area contributed by atoms with E-state index in [2.05, 4.69) is 5.16 Å². The van der Waals surface area contributed by atoms with Crippen LogP contribution in [0.3, 0.4) is 0 Å². The van der Waals surface area contributed by atoms with E-state index < -0.39 is 11.6 Å². The standard InChI is InChI=1S/C16H20ClNO4/c1-2-12(18-21-10-6-9-17)14-13(19)11-16(22-15(14)20)7-4-3-5-8-16/h4,6-7,9,19H,2-3,5,8,10-11H2,1H3. The zero-order valence-corrected chi connectivity index (χ0v) is 13.3. The number of aliphatic hydroxyl groups is 1. The van der Waals surface area contributed by atoms with Gasteiger partial charge < -0.3 is 14.7 Å². The van der Waals surface area contributed by atoms with Crippen molar-refractivity contribution in [1.82, 2.24) is 0 Å². The van der Waals surface area contributed by atoms with Crippen LogP contribution in [0.15, 0.2) is 40.3 Å². The number of aliphatic hydroxyl groups excluding tert-OH is 1. The van der Waals surface area contributed by atoms with Crippen LogP contribution >= 0.6 is 11.6 Å². The van der Waals surface area contributed by atoms with Gasteiger partial charge in [-0.3, -0.25) is 0 Å². The summed E-state index contributed by atoms with van der Waals surface area (Å²) >= 11 is 5.39. The molecule has 2 rings (SSSR count). The van der Waals surface area contributed by atoms with Crippen LogP contribution in [0.2, 0.25) is 0 Å². The number of hydrogen-bond acceptors (Lipinski definition) is 5. The maximum absolute atomic E-state index is 12.3. The molecule has 1 aliphatic carbocycles. The molecule has 1 unspecified atom stereocenters. The first-order chi connectivity index (χ1) is 10.6. The van der Waals surface area contributed by atoms with Crippen LogP contribution in [0, 0.1) is 0 Å². The van der Waals surface area contributed by atoms with Gasteiger partial charge in [0.05, 0.1) is 5.71 Å². The van der Waals surface area contributed by atoms with Crippen LogP contribution in [0.1, 0.15) is 39.0 Å². The van der Waals surface area contributed by atoms with Gasteiger partial charge in [0.1, 0.15) is 23.5 Å². The van der Waals surface area contributed by atoms with E-state index in [1.807, 2.05) is 19.1 Å². The molecule has 0 aromatic heterocycles. The summed E-state index contributed by atoms with van der Waals surface area (Å²) in [7, 11) is 0. The van der Waals surface area contributed by atoms with Gasteiger partial charge in [-0.2, -0.15) is 0 Å². The fraction of sp³-hybridized carbons (Fsp3) is 0.500. The van der Waals surface area contributed by atoms with Gasteiger partial charge in [0.15, 0.2) is 0 Å². The highest BCUT2D eigenvalue weighted by molar-refractivity contribution is 6.25. The van der Waals surface area contributed by atoms with E-state index in [0.717, 1.165) is 19.3 Å². The second kappa shape index (κ2) is 7.49. The molecular formula is C16H20ClNO4. The summed E-state index contributed by atoms with van der Waals surface area (Å²) in [5, 5.41) is 14.2. The number of oxime groups is 1. The van der Waals surface area contributed by atoms with E-state index in [1.54, 1.807) is 6.08 Å². The summed E-state index contributed by atoms with van der Waals surface area (Å²) in [6.45, 7) is 2.03. The summed E-state index contributed by atoms with van der Waals surface area (Å²) < 4.78 is 5.59. The third-order valence-corrected chi connectivity index (χ3v) is 3.88. The molecule has 2 aliphatic rings. The highest BCUT2D eigenvalue weighted by atomic mass is 35.5. The average Bonchev–Trinajstić information content (AvgIpc) is 2.49. The lowest BCUT2D eigenvalue weighted by molar-refractivity contribution is -0.153. The van der Waals surface area contributed by atoms with Crippen molar-refractivity contribution in [2.45, 2.75) is 44.6 Å². The van der Waals surface area contributed by atoms with Crippen molar-refractivity contribution in [3.05, 3.63) is 35.1 Å². The summed E-state index contributed by atoms with van der Waals surface area (Å²) in [6.07, 6.45) is 8.81. The van der Waals surface area contributed by atoms with Gasteiger partial charge in [-0.15, -0.1) is 0 Å². The van der Waals surface area contributed by atoms with Crippen LogP contribution in [-0.4, -0.2) is 29.0 Å². The predicted octanol–water partition coefficient (Wildman–Crippen LogP) is 3.76. The fourth-order valence-electron chi connectivity index (χ4n) is 2.66. The van der Waals surface area contributed by atoms with E-state index in [-0.39, 0.29) is 24.4 Å². The zero-order chi connectivity index (χ0) is 16.0. The highest BCUT2D eigenvalue weighted by Crippen LogP contribution is 2.37. The normalized spacial score (nSPS) is 25.9. The van der Waals surface area contributed by atoms with Crippen molar-refractivity contribution < 1.29 is 19.5 Å². The lowest BCUT2D eigenvalue weighted by Crippen LogP contribution is -2.41. The van der Waals surface area contributed by atoms with Crippen molar-refractivity contribution in [3.63, 3.8) is 0 Å². The Morgan fingerprint density at radius 2 is 2.45 bits per heavy atom. The number of esters is 1. The first-order valence-electron chi connectivity index (χ1n) is 7.39. The molecule has 1 atom stereocenters. The van der Waals surface area contributed by atoms with Gasteiger partial charge in [-0.1, -0.05) is 29.8 Å². The van der Waals surface area contributed by atoms with E-state index >= 15 is 0 Å². The minimum atomic E-state index is -0.704. The van der Waals surface area contributed by atoms with Crippen LogP contribution < -0.4 is 0 Å². The quantitative estimate of drug-likeness (QED) is 0.275. The van der Waals surface area contributed by atoms with Crippen molar-refractivity contribution in [3.8, 4) is 0 Å².